The summed E-state index contributed by atoms with van der Waals surface area (Å²) in [5.74, 6) is -0.321. The van der Waals surface area contributed by atoms with Gasteiger partial charge >= 0.3 is 0 Å². The Morgan fingerprint density at radius 1 is 1.29 bits per heavy atom. The number of carbonyl (C=O) groups excluding carboxylic acids is 2. The Balaban J connectivity index is 4.40. The number of nitrogens with one attached hydrogen (secondary N) is 2. The molecule has 0 bridgehead atoms. The molecule has 4 heteroatoms. The third-order valence-electron chi connectivity index (χ3n) is 1.76. The molecular formula is C10H20N2O2. The van der Waals surface area contributed by atoms with E-state index in [-0.39, 0.29) is 17.2 Å². The summed E-state index contributed by atoms with van der Waals surface area (Å²) in [6.07, 6.45) is 0.631. The first-order valence-electron chi connectivity index (χ1n) is 4.75. The molecule has 0 rings (SSSR count). The van der Waals surface area contributed by atoms with Crippen LogP contribution >= 0.6 is 0 Å². The number of carbonyl (C=O) groups is 2. The van der Waals surface area contributed by atoms with Crippen molar-refractivity contribution in [3.63, 3.8) is 0 Å². The third kappa shape index (κ3) is 5.56. The quantitative estimate of drug-likeness (QED) is 0.703. The van der Waals surface area contributed by atoms with E-state index in [0.29, 0.717) is 6.42 Å². The lowest BCUT2D eigenvalue weighted by atomic mass is 9.88. The van der Waals surface area contributed by atoms with E-state index < -0.39 is 6.04 Å². The van der Waals surface area contributed by atoms with E-state index in [9.17, 15) is 9.59 Å². The zero-order chi connectivity index (χ0) is 11.4. The van der Waals surface area contributed by atoms with Crippen molar-refractivity contribution in [2.75, 3.05) is 7.05 Å². The van der Waals surface area contributed by atoms with Gasteiger partial charge in [-0.2, -0.15) is 0 Å². The Bertz CT molecular complexity index is 219. The fraction of sp³-hybridized carbons (Fsp3) is 0.800. The molecule has 2 amide bonds. The fourth-order valence-electron chi connectivity index (χ4n) is 1.24. The van der Waals surface area contributed by atoms with E-state index in [4.69, 9.17) is 0 Å². The first-order chi connectivity index (χ1) is 6.26. The standard InChI is InChI=1S/C10H20N2O2/c1-7(13)12-8(9(14)11-5)6-10(2,3)4/h8H,6H2,1-5H3,(H,11,14)(H,12,13)/t8-/m0/s1. The molecule has 0 saturated carbocycles. The Kier molecular flexibility index (Phi) is 4.60. The smallest absolute Gasteiger partial charge is 0.242 e. The second kappa shape index (κ2) is 4.98. The van der Waals surface area contributed by atoms with Gasteiger partial charge < -0.3 is 10.6 Å². The topological polar surface area (TPSA) is 58.2 Å². The highest BCUT2D eigenvalue weighted by atomic mass is 16.2. The molecule has 14 heavy (non-hydrogen) atoms. The van der Waals surface area contributed by atoms with E-state index in [2.05, 4.69) is 10.6 Å². The highest BCUT2D eigenvalue weighted by Crippen LogP contribution is 2.20. The minimum atomic E-state index is -0.433. The van der Waals surface area contributed by atoms with Crippen LogP contribution in [0.3, 0.4) is 0 Å². The van der Waals surface area contributed by atoms with Gasteiger partial charge in [-0.3, -0.25) is 9.59 Å². The largest absolute Gasteiger partial charge is 0.357 e. The number of rotatable bonds is 3. The molecule has 0 radical (unpaired) electrons. The predicted octanol–water partition coefficient (Wildman–Crippen LogP) is 0.673. The highest BCUT2D eigenvalue weighted by molar-refractivity contribution is 5.86. The molecule has 82 valence electrons. The normalized spacial score (nSPS) is 13.2. The van der Waals surface area contributed by atoms with Crippen molar-refractivity contribution in [3.05, 3.63) is 0 Å². The Morgan fingerprint density at radius 2 is 1.79 bits per heavy atom. The summed E-state index contributed by atoms with van der Waals surface area (Å²) in [6.45, 7) is 7.51. The van der Waals surface area contributed by atoms with Crippen LogP contribution in [0.1, 0.15) is 34.1 Å². The Morgan fingerprint density at radius 3 is 2.07 bits per heavy atom. The molecule has 0 aliphatic rings. The summed E-state index contributed by atoms with van der Waals surface area (Å²) in [5, 5.41) is 5.18. The zero-order valence-corrected chi connectivity index (χ0v) is 9.60. The molecule has 2 N–H and O–H groups in total. The molecule has 0 aliphatic heterocycles. The summed E-state index contributed by atoms with van der Waals surface area (Å²) in [5.41, 5.74) is 0.0135. The van der Waals surface area contributed by atoms with Crippen molar-refractivity contribution in [1.82, 2.24) is 10.6 Å². The molecule has 0 spiro atoms. The molecule has 0 aromatic rings. The lowest BCUT2D eigenvalue weighted by molar-refractivity contribution is -0.128. The minimum absolute atomic E-state index is 0.0135. The number of hydrogen-bond acceptors (Lipinski definition) is 2. The van der Waals surface area contributed by atoms with Gasteiger partial charge in [-0.05, 0) is 11.8 Å². The molecule has 0 aromatic heterocycles. The van der Waals surface area contributed by atoms with E-state index in [1.165, 1.54) is 6.92 Å². The van der Waals surface area contributed by atoms with E-state index in [1.807, 2.05) is 20.8 Å². The Hall–Kier alpha value is -1.06. The number of hydrogen-bond donors (Lipinski definition) is 2. The molecule has 0 aromatic carbocycles. The van der Waals surface area contributed by atoms with Crippen molar-refractivity contribution in [1.29, 1.82) is 0 Å². The van der Waals surface area contributed by atoms with E-state index >= 15 is 0 Å². The van der Waals surface area contributed by atoms with Crippen LogP contribution in [0.2, 0.25) is 0 Å². The second-order valence-electron chi connectivity index (χ2n) is 4.63. The van der Waals surface area contributed by atoms with Gasteiger partial charge in [0.05, 0.1) is 0 Å². The average Bonchev–Trinajstić information content (AvgIpc) is 1.98. The number of amides is 2. The molecular weight excluding hydrogens is 180 g/mol. The average molecular weight is 200 g/mol. The molecule has 0 fully saturated rings. The second-order valence-corrected chi connectivity index (χ2v) is 4.63. The van der Waals surface area contributed by atoms with Crippen LogP contribution in [-0.2, 0) is 9.59 Å². The van der Waals surface area contributed by atoms with Gasteiger partial charge in [-0.15, -0.1) is 0 Å². The fourth-order valence-corrected chi connectivity index (χ4v) is 1.24. The van der Waals surface area contributed by atoms with Crippen LogP contribution in [0.25, 0.3) is 0 Å². The summed E-state index contributed by atoms with van der Waals surface area (Å²) in [4.78, 5) is 22.3. The van der Waals surface area contributed by atoms with Crippen molar-refractivity contribution in [2.24, 2.45) is 5.41 Å². The summed E-state index contributed by atoms with van der Waals surface area (Å²) in [6, 6.07) is -0.433. The monoisotopic (exact) mass is 200 g/mol. The van der Waals surface area contributed by atoms with E-state index in [1.54, 1.807) is 7.05 Å². The van der Waals surface area contributed by atoms with Crippen LogP contribution in [0.5, 0.6) is 0 Å². The van der Waals surface area contributed by atoms with Crippen LogP contribution < -0.4 is 10.6 Å². The zero-order valence-electron chi connectivity index (χ0n) is 9.60. The van der Waals surface area contributed by atoms with Crippen LogP contribution in [0.4, 0.5) is 0 Å². The highest BCUT2D eigenvalue weighted by Gasteiger charge is 2.24. The van der Waals surface area contributed by atoms with Gasteiger partial charge in [0.25, 0.3) is 0 Å². The molecule has 0 aliphatic carbocycles. The first-order valence-corrected chi connectivity index (χ1v) is 4.75. The molecule has 1 atom stereocenters. The maximum Gasteiger partial charge on any atom is 0.242 e. The first kappa shape index (κ1) is 12.9. The summed E-state index contributed by atoms with van der Waals surface area (Å²) < 4.78 is 0. The molecule has 0 heterocycles. The van der Waals surface area contributed by atoms with Gasteiger partial charge in [0.2, 0.25) is 11.8 Å². The molecule has 0 unspecified atom stereocenters. The lowest BCUT2D eigenvalue weighted by Crippen LogP contribution is -2.46. The van der Waals surface area contributed by atoms with Crippen LogP contribution in [0, 0.1) is 5.41 Å². The predicted molar refractivity (Wildman–Crippen MR) is 55.7 cm³/mol. The molecule has 4 nitrogen and oxygen atoms in total. The SMILES string of the molecule is CNC(=O)[C@H](CC(C)(C)C)NC(C)=O. The van der Waals surface area contributed by atoms with Gasteiger partial charge in [-0.25, -0.2) is 0 Å². The van der Waals surface area contributed by atoms with Crippen molar-refractivity contribution in [2.45, 2.75) is 40.2 Å². The van der Waals surface area contributed by atoms with Crippen molar-refractivity contribution < 1.29 is 9.59 Å². The maximum atomic E-state index is 11.4. The number of likely N-dealkylation sites (N-methyl/N-ethyl adjacent to an activating group) is 1. The summed E-state index contributed by atoms with van der Waals surface area (Å²) in [7, 11) is 1.57. The van der Waals surface area contributed by atoms with Crippen molar-refractivity contribution >= 4 is 11.8 Å². The van der Waals surface area contributed by atoms with Crippen LogP contribution in [-0.4, -0.2) is 24.9 Å². The van der Waals surface area contributed by atoms with Gasteiger partial charge in [-0.1, -0.05) is 20.8 Å². The molecule has 0 saturated heterocycles. The van der Waals surface area contributed by atoms with E-state index in [0.717, 1.165) is 0 Å². The lowest BCUT2D eigenvalue weighted by Gasteiger charge is -2.25. The Labute approximate surface area is 85.4 Å². The third-order valence-corrected chi connectivity index (χ3v) is 1.76. The maximum absolute atomic E-state index is 11.4. The van der Waals surface area contributed by atoms with Gasteiger partial charge in [0.15, 0.2) is 0 Å². The van der Waals surface area contributed by atoms with Crippen molar-refractivity contribution in [3.8, 4) is 0 Å². The summed E-state index contributed by atoms with van der Waals surface area (Å²) >= 11 is 0. The minimum Gasteiger partial charge on any atom is -0.357 e. The van der Waals surface area contributed by atoms with Gasteiger partial charge in [0.1, 0.15) is 6.04 Å². The van der Waals surface area contributed by atoms with Crippen LogP contribution in [0.15, 0.2) is 0 Å². The van der Waals surface area contributed by atoms with Gasteiger partial charge in [0, 0.05) is 14.0 Å².